The molecule has 2 unspecified atom stereocenters. The Morgan fingerprint density at radius 1 is 0.392 bits per heavy atom. The fourth-order valence-corrected chi connectivity index (χ4v) is 9.40. The zero-order chi connectivity index (χ0) is 57.3. The van der Waals surface area contributed by atoms with E-state index in [9.17, 15) is 19.0 Å². The number of carbonyl (C=O) groups is 2. The van der Waals surface area contributed by atoms with Crippen LogP contribution in [0.3, 0.4) is 0 Å². The first-order valence-electron chi connectivity index (χ1n) is 32.0. The largest absolute Gasteiger partial charge is 0.472 e. The highest BCUT2D eigenvalue weighted by Crippen LogP contribution is 2.43. The molecule has 0 radical (unpaired) electrons. The normalized spacial score (nSPS) is 13.8. The van der Waals surface area contributed by atoms with Crippen molar-refractivity contribution in [1.29, 1.82) is 0 Å². The van der Waals surface area contributed by atoms with E-state index >= 15 is 0 Å². The van der Waals surface area contributed by atoms with Crippen molar-refractivity contribution in [2.24, 2.45) is 5.73 Å². The molecule has 0 rings (SSSR count). The molecule has 0 spiro atoms. The lowest BCUT2D eigenvalue weighted by Crippen LogP contribution is -2.29. The molecule has 10 heteroatoms. The second-order valence-corrected chi connectivity index (χ2v) is 22.3. The lowest BCUT2D eigenvalue weighted by molar-refractivity contribution is -0.161. The third-order valence-electron chi connectivity index (χ3n) is 13.3. The lowest BCUT2D eigenvalue weighted by atomic mass is 10.0. The van der Waals surface area contributed by atoms with Crippen molar-refractivity contribution < 1.29 is 37.6 Å². The van der Waals surface area contributed by atoms with Gasteiger partial charge in [0.05, 0.1) is 13.2 Å². The molecule has 0 saturated heterocycles. The van der Waals surface area contributed by atoms with Crippen molar-refractivity contribution in [3.63, 3.8) is 0 Å². The highest BCUT2D eigenvalue weighted by Gasteiger charge is 2.26. The topological polar surface area (TPSA) is 134 Å². The summed E-state index contributed by atoms with van der Waals surface area (Å²) in [6, 6.07) is 0. The van der Waals surface area contributed by atoms with E-state index in [1.807, 2.05) is 6.08 Å². The van der Waals surface area contributed by atoms with Crippen LogP contribution in [0.15, 0.2) is 122 Å². The summed E-state index contributed by atoms with van der Waals surface area (Å²) in [4.78, 5) is 35.2. The number of unbranched alkanes of at least 4 members (excludes halogenated alkanes) is 26. The third-order valence-corrected chi connectivity index (χ3v) is 14.3. The van der Waals surface area contributed by atoms with E-state index in [1.165, 1.54) is 154 Å². The monoisotopic (exact) mass is 1120 g/mol. The Balaban J connectivity index is 4.04. The summed E-state index contributed by atoms with van der Waals surface area (Å²) in [6.07, 6.45) is 88.5. The minimum absolute atomic E-state index is 0.0386. The molecule has 0 aromatic heterocycles. The Morgan fingerprint density at radius 3 is 1.09 bits per heavy atom. The van der Waals surface area contributed by atoms with Gasteiger partial charge in [0.15, 0.2) is 6.10 Å². The van der Waals surface area contributed by atoms with E-state index in [4.69, 9.17) is 24.3 Å². The standard InChI is InChI=1S/C69H118NO8P/c1-3-5-7-9-11-13-15-17-19-21-23-25-27-29-31-33-35-37-39-41-43-45-47-49-51-53-55-57-59-61-68(71)75-65-67(66-77-79(73,74)76-64-63-70)78-69(72)62-60-58-56-54-52-50-48-46-44-42-40-38-36-34-32-30-28-26-24-22-20-18-16-14-12-10-8-6-4-2/h6,8,12,14,18,20-21,23-24,26,30,32,36,38,42,44,48,50,54,56,67H,3-5,7,9-11,13,15-17,19,22,25,27-29,31,33-35,37,39-41,43,45-47,49,51-53,55,57-66,70H2,1-2H3,(H,73,74)/b8-6-,14-12-,20-18-,23-21-,26-24-,32-30-,38-36-,44-42-,50-48-,56-54-. The van der Waals surface area contributed by atoms with Crippen LogP contribution in [0.4, 0.5) is 0 Å². The minimum Gasteiger partial charge on any atom is -0.462 e. The number of allylic oxidation sites excluding steroid dienone is 20. The smallest absolute Gasteiger partial charge is 0.462 e. The van der Waals surface area contributed by atoms with Crippen molar-refractivity contribution in [1.82, 2.24) is 0 Å². The van der Waals surface area contributed by atoms with E-state index in [1.54, 1.807) is 0 Å². The van der Waals surface area contributed by atoms with Gasteiger partial charge in [-0.05, 0) is 103 Å². The predicted molar refractivity (Wildman–Crippen MR) is 339 cm³/mol. The Morgan fingerprint density at radius 2 is 0.709 bits per heavy atom. The molecule has 9 nitrogen and oxygen atoms in total. The van der Waals surface area contributed by atoms with Crippen molar-refractivity contribution in [2.45, 2.75) is 277 Å². The van der Waals surface area contributed by atoms with Crippen molar-refractivity contribution in [3.05, 3.63) is 122 Å². The molecule has 0 aromatic rings. The molecule has 0 heterocycles. The van der Waals surface area contributed by atoms with Crippen LogP contribution in [0.2, 0.25) is 0 Å². The Bertz CT molecular complexity index is 1710. The first kappa shape index (κ1) is 75.4. The molecule has 0 aliphatic carbocycles. The number of nitrogens with two attached hydrogens (primary N) is 1. The Hall–Kier alpha value is -3.59. The number of phosphoric acid groups is 1. The minimum atomic E-state index is -4.41. The number of rotatable bonds is 59. The maximum absolute atomic E-state index is 12.7. The number of phosphoric ester groups is 1. The lowest BCUT2D eigenvalue weighted by Gasteiger charge is -2.19. The molecule has 2 atom stereocenters. The molecule has 0 fully saturated rings. The highest BCUT2D eigenvalue weighted by molar-refractivity contribution is 7.47. The van der Waals surface area contributed by atoms with Crippen molar-refractivity contribution in [3.8, 4) is 0 Å². The van der Waals surface area contributed by atoms with Crippen LogP contribution < -0.4 is 5.73 Å². The predicted octanol–water partition coefficient (Wildman–Crippen LogP) is 20.7. The molecule has 0 bridgehead atoms. The molecular weight excluding hydrogens is 1000 g/mol. The summed E-state index contributed by atoms with van der Waals surface area (Å²) in [5, 5.41) is 0. The van der Waals surface area contributed by atoms with Crippen LogP contribution in [0.5, 0.6) is 0 Å². The van der Waals surface area contributed by atoms with Crippen LogP contribution in [0.1, 0.15) is 271 Å². The van der Waals surface area contributed by atoms with E-state index < -0.39 is 32.5 Å². The number of carbonyl (C=O) groups excluding carboxylic acids is 2. The van der Waals surface area contributed by atoms with Gasteiger partial charge in [-0.2, -0.15) is 0 Å². The van der Waals surface area contributed by atoms with Gasteiger partial charge in [-0.15, -0.1) is 0 Å². The second-order valence-electron chi connectivity index (χ2n) is 20.9. The van der Waals surface area contributed by atoms with Gasteiger partial charge in [0.2, 0.25) is 0 Å². The van der Waals surface area contributed by atoms with Gasteiger partial charge < -0.3 is 20.1 Å². The molecule has 452 valence electrons. The Labute approximate surface area is 485 Å². The second kappa shape index (κ2) is 63.6. The number of hydrogen-bond acceptors (Lipinski definition) is 8. The van der Waals surface area contributed by atoms with Crippen molar-refractivity contribution in [2.75, 3.05) is 26.4 Å². The van der Waals surface area contributed by atoms with Gasteiger partial charge in [0.25, 0.3) is 0 Å². The molecule has 0 aliphatic heterocycles. The van der Waals surface area contributed by atoms with E-state index in [0.717, 1.165) is 77.0 Å². The average molecular weight is 1120 g/mol. The first-order valence-corrected chi connectivity index (χ1v) is 33.5. The summed E-state index contributed by atoms with van der Waals surface area (Å²) in [5.74, 6) is -0.898. The summed E-state index contributed by atoms with van der Waals surface area (Å²) in [7, 11) is -4.41. The van der Waals surface area contributed by atoms with Crippen molar-refractivity contribution >= 4 is 19.8 Å². The van der Waals surface area contributed by atoms with Crippen LogP contribution in [0.25, 0.3) is 0 Å². The summed E-state index contributed by atoms with van der Waals surface area (Å²) < 4.78 is 33.0. The van der Waals surface area contributed by atoms with Gasteiger partial charge in [0.1, 0.15) is 6.61 Å². The quantitative estimate of drug-likeness (QED) is 0.0264. The number of ether oxygens (including phenoxy) is 2. The zero-order valence-corrected chi connectivity index (χ0v) is 51.5. The fourth-order valence-electron chi connectivity index (χ4n) is 8.63. The molecule has 0 aliphatic rings. The van der Waals surface area contributed by atoms with Crippen LogP contribution >= 0.6 is 7.82 Å². The summed E-state index contributed by atoms with van der Waals surface area (Å²) >= 11 is 0. The van der Waals surface area contributed by atoms with Gasteiger partial charge >= 0.3 is 19.8 Å². The number of hydrogen-bond donors (Lipinski definition) is 2. The van der Waals surface area contributed by atoms with Gasteiger partial charge in [-0.1, -0.05) is 277 Å². The molecule has 3 N–H and O–H groups in total. The molecule has 0 saturated carbocycles. The summed E-state index contributed by atoms with van der Waals surface area (Å²) in [5.41, 5.74) is 5.39. The van der Waals surface area contributed by atoms with E-state index in [0.29, 0.717) is 12.8 Å². The third kappa shape index (κ3) is 63.5. The molecule has 0 amide bonds. The summed E-state index contributed by atoms with van der Waals surface area (Å²) in [6.45, 7) is 3.58. The average Bonchev–Trinajstić information content (AvgIpc) is 3.44. The van der Waals surface area contributed by atoms with E-state index in [-0.39, 0.29) is 32.6 Å². The van der Waals surface area contributed by atoms with Gasteiger partial charge in [-0.25, -0.2) is 4.57 Å². The van der Waals surface area contributed by atoms with E-state index in [2.05, 4.69) is 129 Å². The molecule has 79 heavy (non-hydrogen) atoms. The van der Waals surface area contributed by atoms with Crippen LogP contribution in [-0.4, -0.2) is 49.3 Å². The molecule has 0 aromatic carbocycles. The Kier molecular flexibility index (Phi) is 60.7. The maximum atomic E-state index is 12.7. The van der Waals surface area contributed by atoms with Crippen LogP contribution in [-0.2, 0) is 32.7 Å². The van der Waals surface area contributed by atoms with Crippen LogP contribution in [0, 0.1) is 0 Å². The highest BCUT2D eigenvalue weighted by atomic mass is 31.2. The van der Waals surface area contributed by atoms with Gasteiger partial charge in [-0.3, -0.25) is 18.6 Å². The zero-order valence-electron chi connectivity index (χ0n) is 50.6. The molecular formula is C69H118NO8P. The fraction of sp³-hybridized carbons (Fsp3) is 0.681. The maximum Gasteiger partial charge on any atom is 0.472 e. The first-order chi connectivity index (χ1) is 38.8. The number of esters is 2. The SMILES string of the molecule is CC/C=C\C/C=C\C/C=C\C/C=C\C/C=C\C/C=C\C/C=C\C/C=C\C/C=C\CCCC(=O)OC(COC(=O)CCCCCCCCCCCCCCCCCCC/C=C\CCCCCCCCCC)COP(=O)(O)OCCN. The van der Waals surface area contributed by atoms with Gasteiger partial charge in [0, 0.05) is 19.4 Å².